The van der Waals surface area contributed by atoms with Crippen LogP contribution in [0.3, 0.4) is 0 Å². The first-order chi connectivity index (χ1) is 8.70. The van der Waals surface area contributed by atoms with Gasteiger partial charge in [-0.25, -0.2) is 0 Å². The average molecular weight is 328 g/mol. The first-order valence-corrected chi connectivity index (χ1v) is 8.32. The van der Waals surface area contributed by atoms with Crippen LogP contribution in [0.4, 0.5) is 0 Å². The lowest BCUT2D eigenvalue weighted by molar-refractivity contribution is 0.0928. The molecule has 2 saturated carbocycles. The topological polar surface area (TPSA) is 20.3 Å². The number of Topliss-reactive ketones (excluding diaryl/α,β-unsaturated/α-hetero) is 1. The van der Waals surface area contributed by atoms with Gasteiger partial charge in [0.25, 0.3) is 0 Å². The van der Waals surface area contributed by atoms with Crippen molar-refractivity contribution in [3.63, 3.8) is 0 Å². The molecule has 0 bridgehead atoms. The maximum Gasteiger partial charge on any atom is 0.186 e. The van der Waals surface area contributed by atoms with E-state index in [9.17, 15) is 4.79 Å². The summed E-state index contributed by atoms with van der Waals surface area (Å²) in [6, 6.07) is 3.90. The molecule has 0 saturated heterocycles. The van der Waals surface area contributed by atoms with Gasteiger partial charge in [0, 0.05) is 13.1 Å². The van der Waals surface area contributed by atoms with E-state index in [0.29, 0.717) is 6.54 Å². The molecule has 18 heavy (non-hydrogen) atoms. The molecule has 98 valence electrons. The summed E-state index contributed by atoms with van der Waals surface area (Å²) in [6.45, 7) is 2.88. The molecule has 0 spiro atoms. The fourth-order valence-electron chi connectivity index (χ4n) is 2.28. The Morgan fingerprint density at radius 3 is 2.28 bits per heavy atom. The van der Waals surface area contributed by atoms with E-state index in [-0.39, 0.29) is 5.78 Å². The number of carbonyl (C=O) groups excluding carboxylic acids is 1. The molecule has 2 aliphatic carbocycles. The van der Waals surface area contributed by atoms with Crippen LogP contribution >= 0.6 is 27.3 Å². The first-order valence-electron chi connectivity index (χ1n) is 6.71. The highest BCUT2D eigenvalue weighted by molar-refractivity contribution is 9.11. The molecule has 1 heterocycles. The van der Waals surface area contributed by atoms with Crippen molar-refractivity contribution in [3.05, 3.63) is 20.8 Å². The maximum absolute atomic E-state index is 12.2. The van der Waals surface area contributed by atoms with Crippen molar-refractivity contribution in [3.8, 4) is 0 Å². The zero-order valence-electron chi connectivity index (χ0n) is 10.4. The largest absolute Gasteiger partial charge is 0.295 e. The fraction of sp³-hybridized carbons (Fsp3) is 0.643. The quantitative estimate of drug-likeness (QED) is 0.709. The molecule has 2 fully saturated rings. The molecule has 3 rings (SSSR count). The van der Waals surface area contributed by atoms with Crippen LogP contribution in [-0.2, 0) is 0 Å². The molecular weight excluding hydrogens is 310 g/mol. The lowest BCUT2D eigenvalue weighted by Crippen LogP contribution is -2.33. The Labute approximate surface area is 120 Å². The predicted octanol–water partition coefficient (Wildman–Crippen LogP) is 3.82. The van der Waals surface area contributed by atoms with Crippen molar-refractivity contribution in [1.29, 1.82) is 0 Å². The van der Waals surface area contributed by atoms with Crippen LogP contribution in [0.5, 0.6) is 0 Å². The smallest absolute Gasteiger partial charge is 0.186 e. The summed E-state index contributed by atoms with van der Waals surface area (Å²) in [5, 5.41) is 0. The van der Waals surface area contributed by atoms with Gasteiger partial charge in [0.1, 0.15) is 0 Å². The summed E-state index contributed by atoms with van der Waals surface area (Å²) >= 11 is 4.97. The minimum absolute atomic E-state index is 0.284. The molecular formula is C14H18BrNOS. The Balaban J connectivity index is 1.57. The van der Waals surface area contributed by atoms with E-state index < -0.39 is 0 Å². The molecule has 0 aromatic carbocycles. The SMILES string of the molecule is O=C(CN(CC1CC1)CC1CC1)c1ccc(Br)s1. The van der Waals surface area contributed by atoms with E-state index in [4.69, 9.17) is 0 Å². The average Bonchev–Trinajstić information content (AvgIpc) is 3.23. The standard InChI is InChI=1S/C14H18BrNOS/c15-14-6-5-13(18-14)12(17)9-16(7-10-1-2-10)8-11-3-4-11/h5-6,10-11H,1-4,7-9H2. The number of carbonyl (C=O) groups is 1. The fourth-order valence-corrected chi connectivity index (χ4v) is 3.60. The molecule has 1 aromatic heterocycles. The minimum Gasteiger partial charge on any atom is -0.295 e. The van der Waals surface area contributed by atoms with Crippen molar-refractivity contribution in [1.82, 2.24) is 4.90 Å². The minimum atomic E-state index is 0.284. The summed E-state index contributed by atoms with van der Waals surface area (Å²) in [7, 11) is 0. The molecule has 0 unspecified atom stereocenters. The third-order valence-corrected chi connectivity index (χ3v) is 5.31. The van der Waals surface area contributed by atoms with Crippen LogP contribution in [0.2, 0.25) is 0 Å². The molecule has 0 aliphatic heterocycles. The number of halogens is 1. The Hall–Kier alpha value is -0.190. The predicted molar refractivity (Wildman–Crippen MR) is 78.2 cm³/mol. The number of ketones is 1. The van der Waals surface area contributed by atoms with Gasteiger partial charge in [-0.05, 0) is 65.6 Å². The second-order valence-corrected chi connectivity index (χ2v) is 8.07. The van der Waals surface area contributed by atoms with Gasteiger partial charge >= 0.3 is 0 Å². The van der Waals surface area contributed by atoms with Crippen molar-refractivity contribution in [2.24, 2.45) is 11.8 Å². The summed E-state index contributed by atoms with van der Waals surface area (Å²) in [4.78, 5) is 15.5. The number of nitrogens with zero attached hydrogens (tertiary/aromatic N) is 1. The van der Waals surface area contributed by atoms with E-state index >= 15 is 0 Å². The van der Waals surface area contributed by atoms with Gasteiger partial charge in [-0.1, -0.05) is 0 Å². The highest BCUT2D eigenvalue weighted by Crippen LogP contribution is 2.34. The Morgan fingerprint density at radius 1 is 1.22 bits per heavy atom. The van der Waals surface area contributed by atoms with Gasteiger partial charge in [-0.2, -0.15) is 0 Å². The zero-order valence-corrected chi connectivity index (χ0v) is 12.8. The van der Waals surface area contributed by atoms with E-state index in [1.54, 1.807) is 11.3 Å². The lowest BCUT2D eigenvalue weighted by atomic mass is 10.2. The molecule has 0 atom stereocenters. The molecule has 0 N–H and O–H groups in total. The maximum atomic E-state index is 12.2. The van der Waals surface area contributed by atoms with E-state index in [1.165, 1.54) is 25.7 Å². The summed E-state index contributed by atoms with van der Waals surface area (Å²) in [5.41, 5.74) is 0. The van der Waals surface area contributed by atoms with Crippen LogP contribution < -0.4 is 0 Å². The zero-order chi connectivity index (χ0) is 12.5. The molecule has 2 nitrogen and oxygen atoms in total. The van der Waals surface area contributed by atoms with Gasteiger partial charge < -0.3 is 0 Å². The summed E-state index contributed by atoms with van der Waals surface area (Å²) in [6.07, 6.45) is 5.44. The van der Waals surface area contributed by atoms with Gasteiger partial charge in [0.2, 0.25) is 0 Å². The van der Waals surface area contributed by atoms with Gasteiger partial charge in [0.15, 0.2) is 5.78 Å². The van der Waals surface area contributed by atoms with Crippen LogP contribution in [0.15, 0.2) is 15.9 Å². The highest BCUT2D eigenvalue weighted by atomic mass is 79.9. The Kier molecular flexibility index (Phi) is 3.87. The van der Waals surface area contributed by atoms with Crippen molar-refractivity contribution < 1.29 is 4.79 Å². The second kappa shape index (κ2) is 5.43. The summed E-state index contributed by atoms with van der Waals surface area (Å²) in [5.74, 6) is 2.02. The van der Waals surface area contributed by atoms with E-state index in [1.807, 2.05) is 12.1 Å². The Morgan fingerprint density at radius 2 is 1.83 bits per heavy atom. The van der Waals surface area contributed by atoms with Gasteiger partial charge in [0.05, 0.1) is 15.2 Å². The van der Waals surface area contributed by atoms with Crippen molar-refractivity contribution >= 4 is 33.0 Å². The van der Waals surface area contributed by atoms with Crippen LogP contribution in [0.1, 0.15) is 35.4 Å². The molecule has 0 amide bonds. The van der Waals surface area contributed by atoms with Crippen molar-refractivity contribution in [2.45, 2.75) is 25.7 Å². The lowest BCUT2D eigenvalue weighted by Gasteiger charge is -2.20. The van der Waals surface area contributed by atoms with Crippen LogP contribution in [-0.4, -0.2) is 30.3 Å². The van der Waals surface area contributed by atoms with E-state index in [2.05, 4.69) is 20.8 Å². The number of hydrogen-bond acceptors (Lipinski definition) is 3. The third kappa shape index (κ3) is 3.65. The highest BCUT2D eigenvalue weighted by Gasteiger charge is 2.30. The normalized spacial score (nSPS) is 19.4. The van der Waals surface area contributed by atoms with Gasteiger partial charge in [-0.3, -0.25) is 9.69 Å². The number of hydrogen-bond donors (Lipinski definition) is 0. The van der Waals surface area contributed by atoms with Crippen molar-refractivity contribution in [2.75, 3.05) is 19.6 Å². The van der Waals surface area contributed by atoms with Crippen LogP contribution in [0.25, 0.3) is 0 Å². The Bertz CT molecular complexity index is 423. The molecule has 0 radical (unpaired) electrons. The second-order valence-electron chi connectivity index (χ2n) is 5.61. The van der Waals surface area contributed by atoms with E-state index in [0.717, 1.165) is 33.6 Å². The summed E-state index contributed by atoms with van der Waals surface area (Å²) < 4.78 is 1.04. The van der Waals surface area contributed by atoms with Gasteiger partial charge in [-0.15, -0.1) is 11.3 Å². The molecule has 4 heteroatoms. The van der Waals surface area contributed by atoms with Crippen LogP contribution in [0, 0.1) is 11.8 Å². The number of rotatable bonds is 7. The molecule has 1 aromatic rings. The third-order valence-electron chi connectivity index (χ3n) is 3.64. The molecule has 2 aliphatic rings. The number of thiophene rings is 1. The first kappa shape index (κ1) is 12.8. The monoisotopic (exact) mass is 327 g/mol.